The fraction of sp³-hybridized carbons (Fsp3) is 0.846. The summed E-state index contributed by atoms with van der Waals surface area (Å²) in [7, 11) is 3.44. The van der Waals surface area contributed by atoms with Gasteiger partial charge in [-0.15, -0.1) is 24.0 Å². The number of guanidine groups is 1. The number of hydrogen-bond acceptors (Lipinski definition) is 3. The maximum Gasteiger partial charge on any atom is 0.220 e. The van der Waals surface area contributed by atoms with Crippen molar-refractivity contribution < 1.29 is 9.53 Å². The van der Waals surface area contributed by atoms with Crippen LogP contribution in [0.4, 0.5) is 0 Å². The molecule has 0 aromatic rings. The van der Waals surface area contributed by atoms with Crippen LogP contribution >= 0.6 is 24.0 Å². The van der Waals surface area contributed by atoms with E-state index in [-0.39, 0.29) is 29.9 Å². The minimum absolute atomic E-state index is 0. The Morgan fingerprint density at radius 1 is 1.25 bits per heavy atom. The van der Waals surface area contributed by atoms with E-state index in [2.05, 4.69) is 20.9 Å². The Hall–Kier alpha value is -0.570. The molecule has 0 unspecified atom stereocenters. The van der Waals surface area contributed by atoms with Crippen LogP contribution in [0.1, 0.15) is 32.1 Å². The lowest BCUT2D eigenvalue weighted by Gasteiger charge is -2.11. The van der Waals surface area contributed by atoms with Crippen molar-refractivity contribution in [1.82, 2.24) is 16.0 Å². The molecular formula is C13H27IN4O2. The molecule has 1 aliphatic carbocycles. The van der Waals surface area contributed by atoms with Crippen molar-refractivity contribution in [3.63, 3.8) is 0 Å². The number of aliphatic imine (C=N–C) groups is 1. The quantitative estimate of drug-likeness (QED) is 0.233. The SMILES string of the molecule is CN=C(NCCCOC)NCCCC(=O)NC1CC1.I. The van der Waals surface area contributed by atoms with Gasteiger partial charge in [0.15, 0.2) is 5.96 Å². The first-order valence-corrected chi connectivity index (χ1v) is 6.99. The maximum absolute atomic E-state index is 11.5. The monoisotopic (exact) mass is 398 g/mol. The molecule has 1 saturated carbocycles. The number of nitrogens with zero attached hydrogens (tertiary/aromatic N) is 1. The van der Waals surface area contributed by atoms with Gasteiger partial charge in [0, 0.05) is 46.3 Å². The lowest BCUT2D eigenvalue weighted by molar-refractivity contribution is -0.121. The van der Waals surface area contributed by atoms with E-state index in [0.29, 0.717) is 12.5 Å². The topological polar surface area (TPSA) is 74.8 Å². The van der Waals surface area contributed by atoms with Gasteiger partial charge in [-0.25, -0.2) is 0 Å². The highest BCUT2D eigenvalue weighted by Gasteiger charge is 2.22. The summed E-state index contributed by atoms with van der Waals surface area (Å²) >= 11 is 0. The van der Waals surface area contributed by atoms with E-state index in [9.17, 15) is 4.79 Å². The molecule has 1 rings (SSSR count). The van der Waals surface area contributed by atoms with E-state index < -0.39 is 0 Å². The van der Waals surface area contributed by atoms with E-state index in [1.807, 2.05) is 0 Å². The Labute approximate surface area is 138 Å². The maximum atomic E-state index is 11.5. The minimum atomic E-state index is 0. The predicted molar refractivity (Wildman–Crippen MR) is 91.7 cm³/mol. The predicted octanol–water partition coefficient (Wildman–Crippen LogP) is 0.865. The first-order valence-electron chi connectivity index (χ1n) is 6.99. The molecule has 0 aromatic heterocycles. The molecule has 1 fully saturated rings. The molecule has 3 N–H and O–H groups in total. The van der Waals surface area contributed by atoms with Crippen LogP contribution in [0, 0.1) is 0 Å². The standard InChI is InChI=1S/C13H26N4O2.HI/c1-14-13(16-9-4-10-19-2)15-8-3-5-12(18)17-11-6-7-11;/h11H,3-10H2,1-2H3,(H,17,18)(H2,14,15,16);1H. The summed E-state index contributed by atoms with van der Waals surface area (Å²) in [6.45, 7) is 2.32. The average molecular weight is 398 g/mol. The lowest BCUT2D eigenvalue weighted by Crippen LogP contribution is -2.38. The minimum Gasteiger partial charge on any atom is -0.385 e. The highest BCUT2D eigenvalue weighted by Crippen LogP contribution is 2.18. The van der Waals surface area contributed by atoms with Crippen molar-refractivity contribution >= 4 is 35.8 Å². The summed E-state index contributed by atoms with van der Waals surface area (Å²) in [5.41, 5.74) is 0. The Morgan fingerprint density at radius 2 is 1.90 bits per heavy atom. The molecule has 1 amide bonds. The molecule has 0 aliphatic heterocycles. The second-order valence-electron chi connectivity index (χ2n) is 4.72. The molecule has 0 atom stereocenters. The second kappa shape index (κ2) is 12.2. The number of carbonyl (C=O) groups excluding carboxylic acids is 1. The summed E-state index contributed by atoms with van der Waals surface area (Å²) in [6, 6.07) is 0.454. The second-order valence-corrected chi connectivity index (χ2v) is 4.72. The van der Waals surface area contributed by atoms with E-state index in [1.54, 1.807) is 14.2 Å². The van der Waals surface area contributed by atoms with Gasteiger partial charge in [0.2, 0.25) is 5.91 Å². The zero-order valence-electron chi connectivity index (χ0n) is 12.4. The highest BCUT2D eigenvalue weighted by molar-refractivity contribution is 14.0. The number of hydrogen-bond donors (Lipinski definition) is 3. The lowest BCUT2D eigenvalue weighted by atomic mass is 10.3. The molecule has 20 heavy (non-hydrogen) atoms. The zero-order valence-corrected chi connectivity index (χ0v) is 14.7. The Balaban J connectivity index is 0.00000361. The van der Waals surface area contributed by atoms with Gasteiger partial charge in [0.25, 0.3) is 0 Å². The highest BCUT2D eigenvalue weighted by atomic mass is 127. The molecule has 1 aliphatic rings. The van der Waals surface area contributed by atoms with Crippen molar-refractivity contribution in [3.05, 3.63) is 0 Å². The third kappa shape index (κ3) is 10.2. The number of nitrogens with one attached hydrogen (secondary N) is 3. The first-order chi connectivity index (χ1) is 9.26. The van der Waals surface area contributed by atoms with Gasteiger partial charge in [0.05, 0.1) is 0 Å². The summed E-state index contributed by atoms with van der Waals surface area (Å²) in [5, 5.41) is 9.36. The van der Waals surface area contributed by atoms with Gasteiger partial charge in [-0.2, -0.15) is 0 Å². The van der Waals surface area contributed by atoms with Crippen LogP contribution in [0.5, 0.6) is 0 Å². The van der Waals surface area contributed by atoms with Crippen LogP contribution in [-0.4, -0.2) is 51.8 Å². The molecule has 0 saturated heterocycles. The van der Waals surface area contributed by atoms with Crippen molar-refractivity contribution in [1.29, 1.82) is 0 Å². The van der Waals surface area contributed by atoms with Crippen LogP contribution in [0.2, 0.25) is 0 Å². The van der Waals surface area contributed by atoms with E-state index in [1.165, 1.54) is 0 Å². The van der Waals surface area contributed by atoms with Gasteiger partial charge < -0.3 is 20.7 Å². The van der Waals surface area contributed by atoms with Crippen molar-refractivity contribution in [2.24, 2.45) is 4.99 Å². The summed E-state index contributed by atoms with van der Waals surface area (Å²) < 4.78 is 4.97. The molecule has 0 spiro atoms. The van der Waals surface area contributed by atoms with Crippen LogP contribution in [0.25, 0.3) is 0 Å². The summed E-state index contributed by atoms with van der Waals surface area (Å²) in [6.07, 6.45) is 4.62. The average Bonchev–Trinajstić information content (AvgIpc) is 3.20. The zero-order chi connectivity index (χ0) is 13.9. The first kappa shape index (κ1) is 19.4. The van der Waals surface area contributed by atoms with Crippen LogP contribution in [0.15, 0.2) is 4.99 Å². The Kier molecular flexibility index (Phi) is 11.8. The van der Waals surface area contributed by atoms with E-state index in [0.717, 1.165) is 51.3 Å². The molecule has 0 radical (unpaired) electrons. The number of methoxy groups -OCH3 is 1. The fourth-order valence-corrected chi connectivity index (χ4v) is 1.63. The van der Waals surface area contributed by atoms with Crippen LogP contribution in [-0.2, 0) is 9.53 Å². The van der Waals surface area contributed by atoms with Crippen molar-refractivity contribution in [2.75, 3.05) is 33.9 Å². The third-order valence-electron chi connectivity index (χ3n) is 2.86. The largest absolute Gasteiger partial charge is 0.385 e. The molecule has 0 heterocycles. The van der Waals surface area contributed by atoms with Gasteiger partial charge in [-0.1, -0.05) is 0 Å². The number of ether oxygens (including phenoxy) is 1. The van der Waals surface area contributed by atoms with Gasteiger partial charge in [0.1, 0.15) is 0 Å². The summed E-state index contributed by atoms with van der Waals surface area (Å²) in [4.78, 5) is 15.6. The number of rotatable bonds is 9. The molecule has 6 nitrogen and oxygen atoms in total. The van der Waals surface area contributed by atoms with Crippen LogP contribution in [0.3, 0.4) is 0 Å². The van der Waals surface area contributed by atoms with Gasteiger partial charge >= 0.3 is 0 Å². The third-order valence-corrected chi connectivity index (χ3v) is 2.86. The Bertz CT molecular complexity index is 296. The number of amides is 1. The fourth-order valence-electron chi connectivity index (χ4n) is 1.63. The van der Waals surface area contributed by atoms with Crippen molar-refractivity contribution in [3.8, 4) is 0 Å². The molecule has 7 heteroatoms. The normalized spacial score (nSPS) is 14.4. The van der Waals surface area contributed by atoms with Crippen molar-refractivity contribution in [2.45, 2.75) is 38.1 Å². The smallest absolute Gasteiger partial charge is 0.220 e. The van der Waals surface area contributed by atoms with Gasteiger partial charge in [-0.3, -0.25) is 9.79 Å². The molecule has 118 valence electrons. The molecule has 0 aromatic carbocycles. The molecule has 0 bridgehead atoms. The molecular weight excluding hydrogens is 371 g/mol. The number of halogens is 1. The van der Waals surface area contributed by atoms with E-state index >= 15 is 0 Å². The Morgan fingerprint density at radius 3 is 2.45 bits per heavy atom. The van der Waals surface area contributed by atoms with E-state index in [4.69, 9.17) is 4.74 Å². The van der Waals surface area contributed by atoms with Gasteiger partial charge in [-0.05, 0) is 25.7 Å². The summed E-state index contributed by atoms with van der Waals surface area (Å²) in [5.74, 6) is 0.936. The number of carbonyl (C=O) groups is 1. The van der Waals surface area contributed by atoms with Crippen LogP contribution < -0.4 is 16.0 Å².